The maximum atomic E-state index is 13.3. The zero-order chi connectivity index (χ0) is 25.9. The highest BCUT2D eigenvalue weighted by molar-refractivity contribution is 5.95. The van der Waals surface area contributed by atoms with Gasteiger partial charge in [-0.3, -0.25) is 9.59 Å². The van der Waals surface area contributed by atoms with Gasteiger partial charge in [0, 0.05) is 56.0 Å². The lowest BCUT2D eigenvalue weighted by Crippen LogP contribution is -2.50. The molecular weight excluding hydrogens is 473 g/mol. The summed E-state index contributed by atoms with van der Waals surface area (Å²) in [6.07, 6.45) is -2.99. The average Bonchev–Trinajstić information content (AvgIpc) is 2.87. The SMILES string of the molecule is CC(=O)N1CCN(C(=O)c2cccc(-c3cnc(N)c(OCc4ccccc4C(F)(F)F)c3)c2)CC1. The van der Waals surface area contributed by atoms with Crippen LogP contribution in [0, 0.1) is 0 Å². The number of nitrogen functional groups attached to an aromatic ring is 1. The molecule has 0 atom stereocenters. The molecular formula is C26H25F3N4O3. The Hall–Kier alpha value is -4.08. The number of pyridine rings is 1. The van der Waals surface area contributed by atoms with E-state index in [1.165, 1.54) is 31.3 Å². The van der Waals surface area contributed by atoms with E-state index in [0.717, 1.165) is 6.07 Å². The standard InChI is InChI=1S/C26H25F3N4O3/c1-17(34)32-9-11-33(12-10-32)25(35)19-7-4-6-18(13-19)21-14-23(24(30)31-15-21)36-16-20-5-2-3-8-22(20)26(27,28)29/h2-8,13-15H,9-12,16H2,1H3,(H2,30,31). The summed E-state index contributed by atoms with van der Waals surface area (Å²) >= 11 is 0. The van der Waals surface area contributed by atoms with E-state index in [0.29, 0.717) is 42.9 Å². The predicted octanol–water partition coefficient (Wildman–Crippen LogP) is 4.23. The second-order valence-electron chi connectivity index (χ2n) is 8.43. The fraction of sp³-hybridized carbons (Fsp3) is 0.269. The van der Waals surface area contributed by atoms with Crippen LogP contribution in [0.1, 0.15) is 28.4 Å². The average molecular weight is 499 g/mol. The van der Waals surface area contributed by atoms with Crippen molar-refractivity contribution < 1.29 is 27.5 Å². The van der Waals surface area contributed by atoms with Gasteiger partial charge in [-0.25, -0.2) is 4.98 Å². The van der Waals surface area contributed by atoms with Crippen LogP contribution in [0.3, 0.4) is 0 Å². The van der Waals surface area contributed by atoms with Crippen molar-refractivity contribution in [2.45, 2.75) is 19.7 Å². The third-order valence-corrected chi connectivity index (χ3v) is 6.04. The Labute approximate surface area is 206 Å². The lowest BCUT2D eigenvalue weighted by atomic mass is 10.0. The van der Waals surface area contributed by atoms with E-state index in [9.17, 15) is 22.8 Å². The van der Waals surface area contributed by atoms with E-state index in [-0.39, 0.29) is 35.6 Å². The van der Waals surface area contributed by atoms with Crippen molar-refractivity contribution in [3.8, 4) is 16.9 Å². The summed E-state index contributed by atoms with van der Waals surface area (Å²) in [6, 6.07) is 13.7. The van der Waals surface area contributed by atoms with Gasteiger partial charge in [0.05, 0.1) is 5.56 Å². The van der Waals surface area contributed by atoms with Gasteiger partial charge in [-0.05, 0) is 29.8 Å². The Kier molecular flexibility index (Phi) is 7.14. The molecule has 0 aliphatic carbocycles. The molecule has 0 radical (unpaired) electrons. The molecule has 2 heterocycles. The van der Waals surface area contributed by atoms with Crippen LogP contribution in [0.25, 0.3) is 11.1 Å². The molecule has 0 bridgehead atoms. The molecule has 7 nitrogen and oxygen atoms in total. The quantitative estimate of drug-likeness (QED) is 0.569. The van der Waals surface area contributed by atoms with Crippen LogP contribution in [0.2, 0.25) is 0 Å². The van der Waals surface area contributed by atoms with Crippen molar-refractivity contribution in [1.29, 1.82) is 0 Å². The Morgan fingerprint density at radius 2 is 1.67 bits per heavy atom. The molecule has 3 aromatic rings. The number of rotatable bonds is 5. The molecule has 10 heteroatoms. The Bertz CT molecular complexity index is 1270. The van der Waals surface area contributed by atoms with Crippen molar-refractivity contribution >= 4 is 17.6 Å². The molecule has 2 aromatic carbocycles. The lowest BCUT2D eigenvalue weighted by molar-refractivity contribution is -0.138. The summed E-state index contributed by atoms with van der Waals surface area (Å²) < 4.78 is 45.5. The molecule has 36 heavy (non-hydrogen) atoms. The number of carbonyl (C=O) groups excluding carboxylic acids is 2. The van der Waals surface area contributed by atoms with E-state index >= 15 is 0 Å². The molecule has 1 aliphatic heterocycles. The van der Waals surface area contributed by atoms with Crippen molar-refractivity contribution in [3.63, 3.8) is 0 Å². The van der Waals surface area contributed by atoms with E-state index < -0.39 is 11.7 Å². The number of anilines is 1. The van der Waals surface area contributed by atoms with Crippen LogP contribution < -0.4 is 10.5 Å². The molecule has 1 fully saturated rings. The predicted molar refractivity (Wildman–Crippen MR) is 128 cm³/mol. The van der Waals surface area contributed by atoms with E-state index in [2.05, 4.69) is 4.98 Å². The lowest BCUT2D eigenvalue weighted by Gasteiger charge is -2.34. The van der Waals surface area contributed by atoms with Gasteiger partial charge in [-0.15, -0.1) is 0 Å². The summed E-state index contributed by atoms with van der Waals surface area (Å²) in [5, 5.41) is 0. The van der Waals surface area contributed by atoms with Gasteiger partial charge < -0.3 is 20.3 Å². The molecule has 0 spiro atoms. The van der Waals surface area contributed by atoms with Gasteiger partial charge in [-0.2, -0.15) is 13.2 Å². The minimum absolute atomic E-state index is 0.0140. The summed E-state index contributed by atoms with van der Waals surface area (Å²) in [6.45, 7) is 3.04. The van der Waals surface area contributed by atoms with Crippen LogP contribution in [-0.4, -0.2) is 52.8 Å². The summed E-state index contributed by atoms with van der Waals surface area (Å²) in [5.41, 5.74) is 6.87. The summed E-state index contributed by atoms with van der Waals surface area (Å²) in [7, 11) is 0. The third kappa shape index (κ3) is 5.59. The molecule has 4 rings (SSSR count). The molecule has 1 saturated heterocycles. The van der Waals surface area contributed by atoms with Gasteiger partial charge in [0.25, 0.3) is 5.91 Å². The first-order valence-corrected chi connectivity index (χ1v) is 11.3. The van der Waals surface area contributed by atoms with Gasteiger partial charge in [0.15, 0.2) is 11.6 Å². The zero-order valence-corrected chi connectivity index (χ0v) is 19.6. The number of nitrogens with two attached hydrogens (primary N) is 1. The maximum absolute atomic E-state index is 13.3. The number of hydrogen-bond acceptors (Lipinski definition) is 5. The largest absolute Gasteiger partial charge is 0.485 e. The molecule has 2 N–H and O–H groups in total. The van der Waals surface area contributed by atoms with Gasteiger partial charge >= 0.3 is 6.18 Å². The smallest absolute Gasteiger partial charge is 0.416 e. The summed E-state index contributed by atoms with van der Waals surface area (Å²) in [4.78, 5) is 32.1. The number of piperazine rings is 1. The number of carbonyl (C=O) groups is 2. The Balaban J connectivity index is 1.51. The third-order valence-electron chi connectivity index (χ3n) is 6.04. The van der Waals surface area contributed by atoms with Crippen LogP contribution in [0.15, 0.2) is 60.8 Å². The topological polar surface area (TPSA) is 88.8 Å². The monoisotopic (exact) mass is 498 g/mol. The van der Waals surface area contributed by atoms with Crippen molar-refractivity contribution in [2.75, 3.05) is 31.9 Å². The molecule has 1 aromatic heterocycles. The number of amides is 2. The number of benzene rings is 2. The summed E-state index contributed by atoms with van der Waals surface area (Å²) in [5.74, 6) is 0.0175. The van der Waals surface area contributed by atoms with Crippen molar-refractivity contribution in [1.82, 2.24) is 14.8 Å². The van der Waals surface area contributed by atoms with E-state index in [1.54, 1.807) is 40.1 Å². The van der Waals surface area contributed by atoms with Crippen molar-refractivity contribution in [2.24, 2.45) is 0 Å². The molecule has 2 amide bonds. The highest BCUT2D eigenvalue weighted by atomic mass is 19.4. The fourth-order valence-electron chi connectivity index (χ4n) is 4.05. The second-order valence-corrected chi connectivity index (χ2v) is 8.43. The van der Waals surface area contributed by atoms with Crippen LogP contribution in [0.5, 0.6) is 5.75 Å². The van der Waals surface area contributed by atoms with Crippen molar-refractivity contribution in [3.05, 3.63) is 77.5 Å². The number of nitrogens with zero attached hydrogens (tertiary/aromatic N) is 3. The number of ether oxygens (including phenoxy) is 1. The highest BCUT2D eigenvalue weighted by Gasteiger charge is 2.33. The molecule has 0 saturated carbocycles. The molecule has 1 aliphatic rings. The van der Waals surface area contributed by atoms with Crippen LogP contribution >= 0.6 is 0 Å². The first kappa shape index (κ1) is 25.0. The first-order chi connectivity index (χ1) is 17.1. The van der Waals surface area contributed by atoms with Gasteiger partial charge in [0.2, 0.25) is 5.91 Å². The van der Waals surface area contributed by atoms with Crippen LogP contribution in [-0.2, 0) is 17.6 Å². The maximum Gasteiger partial charge on any atom is 0.416 e. The number of alkyl halides is 3. The number of hydrogen-bond donors (Lipinski definition) is 1. The Morgan fingerprint density at radius 3 is 2.36 bits per heavy atom. The van der Waals surface area contributed by atoms with Crippen LogP contribution in [0.4, 0.5) is 19.0 Å². The second kappa shape index (κ2) is 10.3. The first-order valence-electron chi connectivity index (χ1n) is 11.3. The zero-order valence-electron chi connectivity index (χ0n) is 19.6. The van der Waals surface area contributed by atoms with E-state index in [4.69, 9.17) is 10.5 Å². The van der Waals surface area contributed by atoms with E-state index in [1.807, 2.05) is 0 Å². The Morgan fingerprint density at radius 1 is 0.972 bits per heavy atom. The highest BCUT2D eigenvalue weighted by Crippen LogP contribution is 2.33. The number of halogens is 3. The minimum Gasteiger partial charge on any atom is -0.485 e. The van der Waals surface area contributed by atoms with Gasteiger partial charge in [0.1, 0.15) is 6.61 Å². The molecule has 188 valence electrons. The fourth-order valence-corrected chi connectivity index (χ4v) is 4.05. The van der Waals surface area contributed by atoms with Gasteiger partial charge in [-0.1, -0.05) is 30.3 Å². The normalized spacial score (nSPS) is 14.0. The number of aromatic nitrogens is 1. The molecule has 0 unspecified atom stereocenters. The minimum atomic E-state index is -4.50.